The molecule has 2 aromatic carbocycles. The number of carbonyl (C=O) groups is 1. The van der Waals surface area contributed by atoms with Gasteiger partial charge in [0.2, 0.25) is 0 Å². The van der Waals surface area contributed by atoms with E-state index < -0.39 is 11.7 Å². The fourth-order valence-corrected chi connectivity index (χ4v) is 1.45. The summed E-state index contributed by atoms with van der Waals surface area (Å²) in [6, 6.07) is 11.9. The maximum absolute atomic E-state index is 12.9. The van der Waals surface area contributed by atoms with E-state index in [1.54, 1.807) is 18.2 Å². The number of phenolic OH excluding ortho intramolecular Hbond substituents is 1. The Labute approximate surface area is 109 Å². The standard InChI is InChI=1S/C14H11FN2O2/c15-12-6-3-5-10(8-12)14(19)17-16-9-11-4-1-2-7-13(11)18/h1-9,18H,(H,17,19)/b16-9+. The number of phenols is 1. The van der Waals surface area contributed by atoms with Crippen molar-refractivity contribution in [3.8, 4) is 5.75 Å². The molecule has 0 radical (unpaired) electrons. The molecule has 0 saturated carbocycles. The average Bonchev–Trinajstić information content (AvgIpc) is 2.41. The van der Waals surface area contributed by atoms with Gasteiger partial charge in [0.1, 0.15) is 11.6 Å². The molecule has 0 spiro atoms. The van der Waals surface area contributed by atoms with Crippen molar-refractivity contribution in [3.63, 3.8) is 0 Å². The lowest BCUT2D eigenvalue weighted by atomic mass is 10.2. The second-order valence-corrected chi connectivity index (χ2v) is 3.77. The number of hydrazone groups is 1. The van der Waals surface area contributed by atoms with Crippen molar-refractivity contribution in [3.05, 3.63) is 65.5 Å². The third-order valence-electron chi connectivity index (χ3n) is 2.39. The van der Waals surface area contributed by atoms with E-state index in [0.717, 1.165) is 6.07 Å². The van der Waals surface area contributed by atoms with E-state index >= 15 is 0 Å². The van der Waals surface area contributed by atoms with Crippen LogP contribution >= 0.6 is 0 Å². The molecule has 0 aromatic heterocycles. The van der Waals surface area contributed by atoms with Gasteiger partial charge in [-0.1, -0.05) is 18.2 Å². The second kappa shape index (κ2) is 5.77. The molecule has 2 N–H and O–H groups in total. The van der Waals surface area contributed by atoms with Gasteiger partial charge in [-0.15, -0.1) is 0 Å². The van der Waals surface area contributed by atoms with Crippen molar-refractivity contribution in [2.24, 2.45) is 5.10 Å². The third-order valence-corrected chi connectivity index (χ3v) is 2.39. The number of nitrogens with one attached hydrogen (secondary N) is 1. The highest BCUT2D eigenvalue weighted by atomic mass is 19.1. The van der Waals surface area contributed by atoms with Gasteiger partial charge in [0.15, 0.2) is 0 Å². The quantitative estimate of drug-likeness (QED) is 0.655. The van der Waals surface area contributed by atoms with Crippen molar-refractivity contribution < 1.29 is 14.3 Å². The molecule has 0 heterocycles. The molecule has 2 aromatic rings. The van der Waals surface area contributed by atoms with E-state index in [1.807, 2.05) is 0 Å². The minimum absolute atomic E-state index is 0.0613. The maximum Gasteiger partial charge on any atom is 0.271 e. The van der Waals surface area contributed by atoms with Gasteiger partial charge in [0, 0.05) is 11.1 Å². The number of nitrogens with zero attached hydrogens (tertiary/aromatic N) is 1. The number of hydrogen-bond donors (Lipinski definition) is 2. The summed E-state index contributed by atoms with van der Waals surface area (Å²) in [7, 11) is 0. The number of hydrogen-bond acceptors (Lipinski definition) is 3. The van der Waals surface area contributed by atoms with Crippen molar-refractivity contribution in [2.75, 3.05) is 0 Å². The van der Waals surface area contributed by atoms with Crippen LogP contribution in [0.5, 0.6) is 5.75 Å². The summed E-state index contributed by atoms with van der Waals surface area (Å²) < 4.78 is 12.9. The first-order valence-electron chi connectivity index (χ1n) is 5.54. The second-order valence-electron chi connectivity index (χ2n) is 3.77. The number of carbonyl (C=O) groups excluding carboxylic acids is 1. The van der Waals surface area contributed by atoms with Gasteiger partial charge in [0.25, 0.3) is 5.91 Å². The fraction of sp³-hybridized carbons (Fsp3) is 0. The molecule has 0 bridgehead atoms. The maximum atomic E-state index is 12.9. The zero-order valence-corrected chi connectivity index (χ0v) is 9.88. The van der Waals surface area contributed by atoms with Gasteiger partial charge in [-0.25, -0.2) is 9.82 Å². The van der Waals surface area contributed by atoms with Gasteiger partial charge < -0.3 is 5.11 Å². The molecule has 0 aliphatic heterocycles. The van der Waals surface area contributed by atoms with Crippen LogP contribution in [0.2, 0.25) is 0 Å². The highest BCUT2D eigenvalue weighted by Crippen LogP contribution is 2.12. The summed E-state index contributed by atoms with van der Waals surface area (Å²) in [6.07, 6.45) is 1.31. The summed E-state index contributed by atoms with van der Waals surface area (Å²) in [4.78, 5) is 11.6. The predicted molar refractivity (Wildman–Crippen MR) is 69.6 cm³/mol. The molecular weight excluding hydrogens is 247 g/mol. The summed E-state index contributed by atoms with van der Waals surface area (Å²) >= 11 is 0. The Morgan fingerprint density at radius 1 is 1.21 bits per heavy atom. The lowest BCUT2D eigenvalue weighted by Gasteiger charge is -2.00. The monoisotopic (exact) mass is 258 g/mol. The Morgan fingerprint density at radius 2 is 2.00 bits per heavy atom. The molecule has 5 heteroatoms. The minimum atomic E-state index is -0.522. The van der Waals surface area contributed by atoms with Crippen LogP contribution in [-0.2, 0) is 0 Å². The number of halogens is 1. The third kappa shape index (κ3) is 3.38. The van der Waals surface area contributed by atoms with Gasteiger partial charge >= 0.3 is 0 Å². The fourth-order valence-electron chi connectivity index (χ4n) is 1.45. The number of benzene rings is 2. The van der Waals surface area contributed by atoms with Crippen LogP contribution in [0.4, 0.5) is 4.39 Å². The van der Waals surface area contributed by atoms with Crippen molar-refractivity contribution in [1.82, 2.24) is 5.43 Å². The van der Waals surface area contributed by atoms with Crippen LogP contribution in [0.25, 0.3) is 0 Å². The molecule has 0 unspecified atom stereocenters. The van der Waals surface area contributed by atoms with Gasteiger partial charge in [-0.05, 0) is 30.3 Å². The summed E-state index contributed by atoms with van der Waals surface area (Å²) in [5.74, 6) is -0.949. The smallest absolute Gasteiger partial charge is 0.271 e. The molecule has 4 nitrogen and oxygen atoms in total. The molecule has 1 amide bonds. The topological polar surface area (TPSA) is 61.7 Å². The Morgan fingerprint density at radius 3 is 2.74 bits per heavy atom. The van der Waals surface area contributed by atoms with Crippen molar-refractivity contribution >= 4 is 12.1 Å². The first-order valence-corrected chi connectivity index (χ1v) is 5.54. The van der Waals surface area contributed by atoms with Crippen LogP contribution in [0.3, 0.4) is 0 Å². The Bertz CT molecular complexity index is 626. The van der Waals surface area contributed by atoms with Gasteiger partial charge in [-0.3, -0.25) is 4.79 Å². The molecule has 0 atom stereocenters. The SMILES string of the molecule is O=C(N/N=C/c1ccccc1O)c1cccc(F)c1. The lowest BCUT2D eigenvalue weighted by molar-refractivity contribution is 0.0954. The molecule has 0 aliphatic carbocycles. The zero-order chi connectivity index (χ0) is 13.7. The zero-order valence-electron chi connectivity index (χ0n) is 9.88. The van der Waals surface area contributed by atoms with Crippen LogP contribution < -0.4 is 5.43 Å². The van der Waals surface area contributed by atoms with Crippen molar-refractivity contribution in [1.29, 1.82) is 0 Å². The van der Waals surface area contributed by atoms with Crippen LogP contribution in [0.1, 0.15) is 15.9 Å². The molecule has 2 rings (SSSR count). The predicted octanol–water partition coefficient (Wildman–Crippen LogP) is 2.30. The Hall–Kier alpha value is -2.69. The van der Waals surface area contributed by atoms with E-state index in [9.17, 15) is 14.3 Å². The highest BCUT2D eigenvalue weighted by molar-refractivity contribution is 5.95. The molecule has 96 valence electrons. The van der Waals surface area contributed by atoms with Crippen LogP contribution in [-0.4, -0.2) is 17.2 Å². The molecule has 19 heavy (non-hydrogen) atoms. The van der Waals surface area contributed by atoms with Crippen LogP contribution in [0, 0.1) is 5.82 Å². The summed E-state index contributed by atoms with van der Waals surface area (Å²) in [5.41, 5.74) is 2.90. The Balaban J connectivity index is 2.03. The van der Waals surface area contributed by atoms with E-state index in [0.29, 0.717) is 5.56 Å². The highest BCUT2D eigenvalue weighted by Gasteiger charge is 2.04. The van der Waals surface area contributed by atoms with Gasteiger partial charge in [0.05, 0.1) is 6.21 Å². The summed E-state index contributed by atoms with van der Waals surface area (Å²) in [6.45, 7) is 0. The molecule has 0 fully saturated rings. The largest absolute Gasteiger partial charge is 0.507 e. The number of rotatable bonds is 3. The van der Waals surface area contributed by atoms with E-state index in [4.69, 9.17) is 0 Å². The molecular formula is C14H11FN2O2. The molecule has 0 saturated heterocycles. The van der Waals surface area contributed by atoms with Crippen molar-refractivity contribution in [2.45, 2.75) is 0 Å². The number of para-hydroxylation sites is 1. The average molecular weight is 258 g/mol. The van der Waals surface area contributed by atoms with Crippen LogP contribution in [0.15, 0.2) is 53.6 Å². The number of aromatic hydroxyl groups is 1. The minimum Gasteiger partial charge on any atom is -0.507 e. The summed E-state index contributed by atoms with van der Waals surface area (Å²) in [5, 5.41) is 13.2. The van der Waals surface area contributed by atoms with E-state index in [1.165, 1.54) is 30.5 Å². The lowest BCUT2D eigenvalue weighted by Crippen LogP contribution is -2.17. The number of amides is 1. The first kappa shape index (κ1) is 12.8. The van der Waals surface area contributed by atoms with E-state index in [-0.39, 0.29) is 11.3 Å². The van der Waals surface area contributed by atoms with E-state index in [2.05, 4.69) is 10.5 Å². The normalized spacial score (nSPS) is 10.6. The first-order chi connectivity index (χ1) is 9.16. The van der Waals surface area contributed by atoms with Gasteiger partial charge in [-0.2, -0.15) is 5.10 Å². The molecule has 0 aliphatic rings. The Kier molecular flexibility index (Phi) is 3.87.